The number of furan rings is 1. The number of rotatable bonds is 14. The van der Waals surface area contributed by atoms with Crippen molar-refractivity contribution in [1.29, 1.82) is 5.26 Å². The van der Waals surface area contributed by atoms with E-state index in [0.29, 0.717) is 53.7 Å². The van der Waals surface area contributed by atoms with Gasteiger partial charge in [-0.1, -0.05) is 31.4 Å². The van der Waals surface area contributed by atoms with E-state index in [1.165, 1.54) is 12.3 Å². The van der Waals surface area contributed by atoms with Crippen molar-refractivity contribution in [2.24, 2.45) is 0 Å². The zero-order valence-corrected chi connectivity index (χ0v) is 24.5. The van der Waals surface area contributed by atoms with Gasteiger partial charge in [-0.2, -0.15) is 5.26 Å². The molecule has 4 rings (SSSR count). The zero-order valence-electron chi connectivity index (χ0n) is 24.5. The molecule has 0 fully saturated rings. The number of ether oxygens (including phenoxy) is 1. The Labute approximate surface area is 252 Å². The molecular formula is C34H36N6O3. The molecule has 0 aliphatic heterocycles. The van der Waals surface area contributed by atoms with Crippen molar-refractivity contribution in [2.75, 3.05) is 44.4 Å². The first-order valence-electron chi connectivity index (χ1n) is 14.0. The van der Waals surface area contributed by atoms with E-state index in [2.05, 4.69) is 45.1 Å². The number of nitriles is 1. The van der Waals surface area contributed by atoms with Crippen LogP contribution in [-0.4, -0.2) is 49.7 Å². The topological polar surface area (TPSA) is 115 Å². The highest BCUT2D eigenvalue weighted by molar-refractivity contribution is 5.94. The van der Waals surface area contributed by atoms with Crippen LogP contribution in [0.3, 0.4) is 0 Å². The molecule has 4 aromatic rings. The second-order valence-electron chi connectivity index (χ2n) is 10.0. The molecule has 2 aromatic heterocycles. The summed E-state index contributed by atoms with van der Waals surface area (Å²) >= 11 is 0. The summed E-state index contributed by atoms with van der Waals surface area (Å²) in [4.78, 5) is 18.7. The average Bonchev–Trinajstić information content (AvgIpc) is 3.45. The number of aromatic nitrogens is 1. The van der Waals surface area contributed by atoms with Crippen molar-refractivity contribution < 1.29 is 13.9 Å². The van der Waals surface area contributed by atoms with E-state index in [1.807, 2.05) is 68.7 Å². The van der Waals surface area contributed by atoms with E-state index in [-0.39, 0.29) is 6.03 Å². The van der Waals surface area contributed by atoms with Gasteiger partial charge in [-0.25, -0.2) is 9.78 Å². The molecule has 0 aliphatic rings. The lowest BCUT2D eigenvalue weighted by molar-refractivity contribution is 0.254. The molecule has 0 atom stereocenters. The fourth-order valence-electron chi connectivity index (χ4n) is 4.36. The predicted octanol–water partition coefficient (Wildman–Crippen LogP) is 6.73. The Morgan fingerprint density at radius 2 is 1.91 bits per heavy atom. The Balaban J connectivity index is 1.38. The van der Waals surface area contributed by atoms with E-state index in [0.717, 1.165) is 35.2 Å². The molecule has 0 saturated heterocycles. The van der Waals surface area contributed by atoms with Gasteiger partial charge in [0.25, 0.3) is 0 Å². The minimum Gasteiger partial charge on any atom is -0.494 e. The maximum atomic E-state index is 12.2. The summed E-state index contributed by atoms with van der Waals surface area (Å²) in [5.74, 6) is 1.47. The highest BCUT2D eigenvalue weighted by Gasteiger charge is 2.15. The number of hydrogen-bond donors (Lipinski definition) is 3. The maximum absolute atomic E-state index is 12.2. The standard InChI is InChI=1S/C34H36N6O3/c1-5-8-27(6-2)38-34(41)39-28-13-9-24(10-14-28)17-18-36-32-26(22-35)23-37-33-30(32)21-31(43-33)25-11-15-29(16-12-25)42-20-7-19-40(3)4/h5-6,8-16,21,23H,1-2,7,17-20H2,3-4H3,(H,36,37)(H2,38,39,41)/b27-8+. The number of nitrogens with zero attached hydrogens (tertiary/aromatic N) is 3. The van der Waals surface area contributed by atoms with Gasteiger partial charge in [0.05, 0.1) is 29.4 Å². The van der Waals surface area contributed by atoms with Gasteiger partial charge in [0.15, 0.2) is 0 Å². The molecule has 3 N–H and O–H groups in total. The first kappa shape index (κ1) is 30.6. The zero-order chi connectivity index (χ0) is 30.6. The van der Waals surface area contributed by atoms with E-state index >= 15 is 0 Å². The normalized spacial score (nSPS) is 11.2. The van der Waals surface area contributed by atoms with Gasteiger partial charge in [-0.3, -0.25) is 0 Å². The second-order valence-corrected chi connectivity index (χ2v) is 10.0. The molecule has 2 aromatic carbocycles. The van der Waals surface area contributed by atoms with Gasteiger partial charge in [-0.15, -0.1) is 0 Å². The third-order valence-electron chi connectivity index (χ3n) is 6.54. The van der Waals surface area contributed by atoms with Gasteiger partial charge in [0, 0.05) is 30.0 Å². The molecule has 9 nitrogen and oxygen atoms in total. The summed E-state index contributed by atoms with van der Waals surface area (Å²) in [5, 5.41) is 19.4. The first-order chi connectivity index (χ1) is 20.9. The van der Waals surface area contributed by atoms with Crippen LogP contribution in [0.15, 0.2) is 102 Å². The van der Waals surface area contributed by atoms with Crippen LogP contribution in [0.25, 0.3) is 22.4 Å². The molecule has 43 heavy (non-hydrogen) atoms. The smallest absolute Gasteiger partial charge is 0.323 e. The van der Waals surface area contributed by atoms with Crippen LogP contribution in [0.2, 0.25) is 0 Å². The molecule has 2 heterocycles. The molecule has 0 bridgehead atoms. The molecule has 0 spiro atoms. The molecule has 0 radical (unpaired) electrons. The number of pyridine rings is 1. The monoisotopic (exact) mass is 576 g/mol. The van der Waals surface area contributed by atoms with Crippen LogP contribution in [0.5, 0.6) is 5.75 Å². The second kappa shape index (κ2) is 15.1. The van der Waals surface area contributed by atoms with Gasteiger partial charge in [-0.05, 0) is 87.1 Å². The SMILES string of the molecule is C=C/C=C(\C=C)NC(=O)Nc1ccc(CCNc2c(C#N)cnc3oc(-c4ccc(OCCCN(C)C)cc4)cc23)cc1. The third kappa shape index (κ3) is 8.58. The van der Waals surface area contributed by atoms with Crippen LogP contribution in [0, 0.1) is 11.3 Å². The van der Waals surface area contributed by atoms with Crippen LogP contribution in [0.1, 0.15) is 17.5 Å². The maximum Gasteiger partial charge on any atom is 0.323 e. The molecule has 220 valence electrons. The number of hydrogen-bond acceptors (Lipinski definition) is 7. The number of allylic oxidation sites excluding steroid dienone is 3. The van der Waals surface area contributed by atoms with E-state index in [1.54, 1.807) is 12.2 Å². The lowest BCUT2D eigenvalue weighted by Gasteiger charge is -2.10. The highest BCUT2D eigenvalue weighted by atomic mass is 16.5. The van der Waals surface area contributed by atoms with Gasteiger partial charge >= 0.3 is 6.03 Å². The van der Waals surface area contributed by atoms with E-state index in [4.69, 9.17) is 9.15 Å². The summed E-state index contributed by atoms with van der Waals surface area (Å²) in [5.41, 5.74) is 4.75. The first-order valence-corrected chi connectivity index (χ1v) is 14.0. The number of amides is 2. The number of anilines is 2. The summed E-state index contributed by atoms with van der Waals surface area (Å²) in [6.07, 6.45) is 7.95. The van der Waals surface area contributed by atoms with Crippen molar-refractivity contribution >= 4 is 28.5 Å². The van der Waals surface area contributed by atoms with Crippen molar-refractivity contribution in [3.05, 3.63) is 109 Å². The minimum atomic E-state index is -0.368. The van der Waals surface area contributed by atoms with Crippen molar-refractivity contribution in [3.8, 4) is 23.1 Å². The number of carbonyl (C=O) groups is 1. The number of benzene rings is 2. The van der Waals surface area contributed by atoms with Gasteiger partial charge in [0.1, 0.15) is 17.6 Å². The highest BCUT2D eigenvalue weighted by Crippen LogP contribution is 2.33. The van der Waals surface area contributed by atoms with Crippen molar-refractivity contribution in [2.45, 2.75) is 12.8 Å². The quantitative estimate of drug-likeness (QED) is 0.113. The predicted molar refractivity (Wildman–Crippen MR) is 172 cm³/mol. The lowest BCUT2D eigenvalue weighted by Crippen LogP contribution is -2.27. The Morgan fingerprint density at radius 1 is 1.14 bits per heavy atom. The third-order valence-corrected chi connectivity index (χ3v) is 6.54. The summed E-state index contributed by atoms with van der Waals surface area (Å²) in [7, 11) is 4.09. The van der Waals surface area contributed by atoms with Crippen LogP contribution < -0.4 is 20.7 Å². The summed E-state index contributed by atoms with van der Waals surface area (Å²) < 4.78 is 11.9. The number of nitrogens with one attached hydrogen (secondary N) is 3. The van der Waals surface area contributed by atoms with E-state index in [9.17, 15) is 10.1 Å². The molecule has 0 aliphatic carbocycles. The Kier molecular flexibility index (Phi) is 10.7. The largest absolute Gasteiger partial charge is 0.494 e. The van der Waals surface area contributed by atoms with Gasteiger partial charge < -0.3 is 30.0 Å². The average molecular weight is 577 g/mol. The minimum absolute atomic E-state index is 0.368. The molecule has 0 unspecified atom stereocenters. The number of urea groups is 1. The van der Waals surface area contributed by atoms with Crippen LogP contribution in [0.4, 0.5) is 16.2 Å². The lowest BCUT2D eigenvalue weighted by atomic mass is 10.1. The Bertz CT molecular complexity index is 1630. The molecule has 0 saturated carbocycles. The summed E-state index contributed by atoms with van der Waals surface area (Å²) in [6, 6.07) is 19.1. The number of carbonyl (C=O) groups excluding carboxylic acids is 1. The summed E-state index contributed by atoms with van der Waals surface area (Å²) in [6.45, 7) is 9.49. The van der Waals surface area contributed by atoms with Crippen LogP contribution >= 0.6 is 0 Å². The fourth-order valence-corrected chi connectivity index (χ4v) is 4.36. The number of fused-ring (bicyclic) bond motifs is 1. The Morgan fingerprint density at radius 3 is 2.58 bits per heavy atom. The van der Waals surface area contributed by atoms with Crippen molar-refractivity contribution in [1.82, 2.24) is 15.2 Å². The fraction of sp³-hybridized carbons (Fsp3) is 0.206. The van der Waals surface area contributed by atoms with E-state index < -0.39 is 0 Å². The van der Waals surface area contributed by atoms with Gasteiger partial charge in [0.2, 0.25) is 5.71 Å². The van der Waals surface area contributed by atoms with Crippen LogP contribution in [-0.2, 0) is 6.42 Å². The molecule has 9 heteroatoms. The Hall–Kier alpha value is -5.33. The van der Waals surface area contributed by atoms with Crippen molar-refractivity contribution in [3.63, 3.8) is 0 Å². The molecular weight excluding hydrogens is 540 g/mol. The molecule has 2 amide bonds.